The zero-order valence-corrected chi connectivity index (χ0v) is 16.0. The summed E-state index contributed by atoms with van der Waals surface area (Å²) in [7, 11) is 0. The van der Waals surface area contributed by atoms with Gasteiger partial charge in [0.25, 0.3) is 0 Å². The lowest BCUT2D eigenvalue weighted by molar-refractivity contribution is 0.287. The Bertz CT molecular complexity index is 982. The van der Waals surface area contributed by atoms with Crippen LogP contribution in [0.4, 0.5) is 5.95 Å². The Morgan fingerprint density at radius 2 is 1.85 bits per heavy atom. The van der Waals surface area contributed by atoms with Gasteiger partial charge in [0, 0.05) is 28.8 Å². The minimum Gasteiger partial charge on any atom is -0.396 e. The van der Waals surface area contributed by atoms with Gasteiger partial charge in [0.05, 0.1) is 0 Å². The summed E-state index contributed by atoms with van der Waals surface area (Å²) in [6.45, 7) is 0.111. The van der Waals surface area contributed by atoms with Gasteiger partial charge in [-0.1, -0.05) is 53.5 Å². The molecule has 1 aromatic heterocycles. The third kappa shape index (κ3) is 3.72. The second-order valence-corrected chi connectivity index (χ2v) is 7.15. The predicted octanol–water partition coefficient (Wildman–Crippen LogP) is 4.57. The van der Waals surface area contributed by atoms with Crippen LogP contribution in [0.1, 0.15) is 29.4 Å². The number of rotatable bonds is 5. The first-order valence-electron chi connectivity index (χ1n) is 8.71. The maximum Gasteiger partial charge on any atom is 0.226 e. The molecule has 27 heavy (non-hydrogen) atoms. The fourth-order valence-electron chi connectivity index (χ4n) is 3.11. The zero-order valence-electron chi connectivity index (χ0n) is 14.4. The van der Waals surface area contributed by atoms with Gasteiger partial charge in [0.1, 0.15) is 6.04 Å². The number of aliphatic hydroxyl groups excluding tert-OH is 1. The van der Waals surface area contributed by atoms with Gasteiger partial charge in [-0.05, 0) is 41.8 Å². The summed E-state index contributed by atoms with van der Waals surface area (Å²) in [6.07, 6.45) is 3.32. The topological polar surface area (TPSA) is 63.0 Å². The van der Waals surface area contributed by atoms with E-state index in [1.807, 2.05) is 53.2 Å². The van der Waals surface area contributed by atoms with Gasteiger partial charge in [-0.2, -0.15) is 10.1 Å². The molecule has 1 unspecified atom stereocenters. The van der Waals surface area contributed by atoms with Crippen LogP contribution in [0.15, 0.2) is 54.6 Å². The molecule has 3 aromatic rings. The third-order valence-electron chi connectivity index (χ3n) is 4.45. The van der Waals surface area contributed by atoms with E-state index in [-0.39, 0.29) is 12.6 Å². The second kappa shape index (κ2) is 7.72. The number of hydrogen-bond acceptors (Lipinski definition) is 4. The number of benzene rings is 2. The monoisotopic (exact) mass is 400 g/mol. The van der Waals surface area contributed by atoms with E-state index < -0.39 is 0 Å². The van der Waals surface area contributed by atoms with Gasteiger partial charge in [-0.15, -0.1) is 0 Å². The average molecular weight is 401 g/mol. The number of nitrogens with zero attached hydrogens (tertiary/aromatic N) is 3. The highest BCUT2D eigenvalue weighted by Crippen LogP contribution is 2.35. The maximum atomic E-state index is 9.09. The van der Waals surface area contributed by atoms with Crippen LogP contribution in [-0.4, -0.2) is 26.5 Å². The van der Waals surface area contributed by atoms with Crippen molar-refractivity contribution >= 4 is 34.8 Å². The van der Waals surface area contributed by atoms with Crippen molar-refractivity contribution in [2.45, 2.75) is 18.9 Å². The van der Waals surface area contributed by atoms with Gasteiger partial charge >= 0.3 is 0 Å². The number of halogens is 2. The summed E-state index contributed by atoms with van der Waals surface area (Å²) in [6, 6.07) is 15.2. The number of aryl methyl sites for hydroxylation is 1. The van der Waals surface area contributed by atoms with Crippen LogP contribution < -0.4 is 5.32 Å². The van der Waals surface area contributed by atoms with Crippen LogP contribution in [0.25, 0.3) is 5.70 Å². The number of fused-ring (bicyclic) bond motifs is 1. The Morgan fingerprint density at radius 3 is 2.59 bits per heavy atom. The first-order chi connectivity index (χ1) is 13.2. The van der Waals surface area contributed by atoms with Crippen LogP contribution in [0, 0.1) is 0 Å². The lowest BCUT2D eigenvalue weighted by atomic mass is 10.0. The molecule has 2 heterocycles. The molecule has 0 fully saturated rings. The average Bonchev–Trinajstić information content (AvgIpc) is 3.09. The molecule has 138 valence electrons. The molecule has 1 aliphatic rings. The smallest absolute Gasteiger partial charge is 0.226 e. The molecule has 4 rings (SSSR count). The minimum atomic E-state index is -0.184. The number of hydrogen-bond donors (Lipinski definition) is 2. The molecule has 0 aliphatic carbocycles. The second-order valence-electron chi connectivity index (χ2n) is 6.30. The molecular weight excluding hydrogens is 383 g/mol. The fourth-order valence-corrected chi connectivity index (χ4v) is 3.49. The molecular formula is C20H18Cl2N4O. The number of aliphatic hydroxyl groups is 1. The number of allylic oxidation sites excluding steroid dienone is 1. The minimum absolute atomic E-state index is 0.111. The lowest BCUT2D eigenvalue weighted by Gasteiger charge is -2.25. The molecule has 2 N–H and O–H groups in total. The summed E-state index contributed by atoms with van der Waals surface area (Å²) >= 11 is 12.5. The van der Waals surface area contributed by atoms with Crippen LogP contribution in [0.3, 0.4) is 0 Å². The van der Waals surface area contributed by atoms with Crippen LogP contribution >= 0.6 is 23.2 Å². The maximum absolute atomic E-state index is 9.09. The highest BCUT2D eigenvalue weighted by atomic mass is 35.5. The highest BCUT2D eigenvalue weighted by molar-refractivity contribution is 6.31. The molecule has 1 aliphatic heterocycles. The van der Waals surface area contributed by atoms with Crippen molar-refractivity contribution in [1.82, 2.24) is 14.8 Å². The van der Waals surface area contributed by atoms with E-state index in [2.05, 4.69) is 21.5 Å². The van der Waals surface area contributed by atoms with Crippen LogP contribution in [0.5, 0.6) is 0 Å². The van der Waals surface area contributed by atoms with Gasteiger partial charge in [0.2, 0.25) is 5.95 Å². The van der Waals surface area contributed by atoms with Crippen molar-refractivity contribution in [3.05, 3.63) is 81.6 Å². The van der Waals surface area contributed by atoms with Crippen molar-refractivity contribution in [3.63, 3.8) is 0 Å². The predicted molar refractivity (Wildman–Crippen MR) is 108 cm³/mol. The largest absolute Gasteiger partial charge is 0.396 e. The first-order valence-corrected chi connectivity index (χ1v) is 9.47. The first kappa shape index (κ1) is 18.0. The van der Waals surface area contributed by atoms with E-state index in [4.69, 9.17) is 28.3 Å². The van der Waals surface area contributed by atoms with Crippen molar-refractivity contribution in [2.24, 2.45) is 0 Å². The van der Waals surface area contributed by atoms with Gasteiger partial charge in [-0.3, -0.25) is 0 Å². The van der Waals surface area contributed by atoms with E-state index in [1.165, 1.54) is 0 Å². The highest BCUT2D eigenvalue weighted by Gasteiger charge is 2.26. The van der Waals surface area contributed by atoms with Gasteiger partial charge < -0.3 is 10.4 Å². The summed E-state index contributed by atoms with van der Waals surface area (Å²) < 4.78 is 1.84. The molecule has 0 saturated heterocycles. The van der Waals surface area contributed by atoms with E-state index in [1.54, 1.807) is 0 Å². The Hall–Kier alpha value is -2.34. The molecule has 5 nitrogen and oxygen atoms in total. The Morgan fingerprint density at radius 1 is 1.07 bits per heavy atom. The Kier molecular flexibility index (Phi) is 5.16. The van der Waals surface area contributed by atoms with E-state index in [0.29, 0.717) is 34.7 Å². The van der Waals surface area contributed by atoms with E-state index in [0.717, 1.165) is 16.8 Å². The lowest BCUT2D eigenvalue weighted by Crippen LogP contribution is -2.20. The SMILES string of the molecule is OCCCc1nc2n(n1)C(c1ccccc1Cl)C=C(c1ccc(Cl)cc1)N2. The van der Waals surface area contributed by atoms with Gasteiger partial charge in [-0.25, -0.2) is 4.68 Å². The quantitative estimate of drug-likeness (QED) is 0.658. The Labute approximate surface area is 167 Å². The number of nitrogens with one attached hydrogen (secondary N) is 1. The molecule has 0 amide bonds. The normalized spacial score (nSPS) is 15.8. The number of aromatic nitrogens is 3. The molecule has 0 saturated carbocycles. The van der Waals surface area contributed by atoms with Crippen molar-refractivity contribution in [1.29, 1.82) is 0 Å². The molecule has 2 aromatic carbocycles. The van der Waals surface area contributed by atoms with Crippen molar-refractivity contribution in [3.8, 4) is 0 Å². The summed E-state index contributed by atoms with van der Waals surface area (Å²) in [4.78, 5) is 4.61. The third-order valence-corrected chi connectivity index (χ3v) is 5.04. The molecule has 0 spiro atoms. The van der Waals surface area contributed by atoms with Crippen LogP contribution in [-0.2, 0) is 6.42 Å². The number of anilines is 1. The summed E-state index contributed by atoms with van der Waals surface area (Å²) in [5.74, 6) is 1.34. The fraction of sp³-hybridized carbons (Fsp3) is 0.200. The van der Waals surface area contributed by atoms with Crippen molar-refractivity contribution in [2.75, 3.05) is 11.9 Å². The molecule has 0 radical (unpaired) electrons. The van der Waals surface area contributed by atoms with Crippen LogP contribution in [0.2, 0.25) is 10.0 Å². The summed E-state index contributed by atoms with van der Waals surface area (Å²) in [5, 5.41) is 18.4. The molecule has 1 atom stereocenters. The van der Waals surface area contributed by atoms with E-state index >= 15 is 0 Å². The van der Waals surface area contributed by atoms with Gasteiger partial charge in [0.15, 0.2) is 5.82 Å². The molecule has 0 bridgehead atoms. The van der Waals surface area contributed by atoms with E-state index in [9.17, 15) is 0 Å². The molecule has 7 heteroatoms. The zero-order chi connectivity index (χ0) is 18.8. The van der Waals surface area contributed by atoms with Crippen molar-refractivity contribution < 1.29 is 5.11 Å². The summed E-state index contributed by atoms with van der Waals surface area (Å²) in [5.41, 5.74) is 2.87. The standard InChI is InChI=1S/C20H18Cl2N4O/c21-14-9-7-13(8-10-14)17-12-18(15-4-1-2-5-16(15)22)26-20(23-17)24-19(25-26)6-3-11-27/h1-2,4-5,7-10,12,18,27H,3,6,11H2,(H,23,24,25). The Balaban J connectivity index is 1.79.